The maximum atomic E-state index is 12.3. The Bertz CT molecular complexity index is 707. The van der Waals surface area contributed by atoms with E-state index in [1.165, 1.54) is 7.05 Å². The maximum absolute atomic E-state index is 12.3. The van der Waals surface area contributed by atoms with E-state index >= 15 is 0 Å². The Morgan fingerprint density at radius 3 is 2.59 bits per heavy atom. The molecule has 4 nitrogen and oxygen atoms in total. The summed E-state index contributed by atoms with van der Waals surface area (Å²) in [6.45, 7) is 3.01. The number of nitrogens with one attached hydrogen (secondary N) is 1. The van der Waals surface area contributed by atoms with E-state index in [0.29, 0.717) is 0 Å². The standard InChI is InChI=1S/C15H17F3N2O2/c1-8-9(2)19-12-5-4-10(6-11(8)12)14(22)20(3)7-13(21)15(16,17)18/h4-6,13,19,21H,7H2,1-3H3. The van der Waals surface area contributed by atoms with Crippen molar-refractivity contribution >= 4 is 16.8 Å². The summed E-state index contributed by atoms with van der Waals surface area (Å²) < 4.78 is 37.0. The molecule has 1 amide bonds. The molecule has 2 aromatic rings. The van der Waals surface area contributed by atoms with Gasteiger partial charge in [-0.1, -0.05) is 0 Å². The first-order valence-corrected chi connectivity index (χ1v) is 6.70. The van der Waals surface area contributed by atoms with Gasteiger partial charge in [0.25, 0.3) is 5.91 Å². The van der Waals surface area contributed by atoms with Gasteiger partial charge in [-0.15, -0.1) is 0 Å². The number of likely N-dealkylation sites (N-methyl/N-ethyl adjacent to an activating group) is 1. The van der Waals surface area contributed by atoms with Gasteiger partial charge in [0, 0.05) is 29.2 Å². The van der Waals surface area contributed by atoms with Crippen LogP contribution in [0.1, 0.15) is 21.6 Å². The topological polar surface area (TPSA) is 56.3 Å². The van der Waals surface area contributed by atoms with Crippen molar-refractivity contribution < 1.29 is 23.1 Å². The number of aryl methyl sites for hydroxylation is 2. The molecule has 0 aliphatic rings. The number of aromatic amines is 1. The minimum absolute atomic E-state index is 0.284. The van der Waals surface area contributed by atoms with E-state index in [2.05, 4.69) is 4.98 Å². The van der Waals surface area contributed by atoms with Crippen LogP contribution in [-0.2, 0) is 0 Å². The average Bonchev–Trinajstić information content (AvgIpc) is 2.72. The van der Waals surface area contributed by atoms with Crippen LogP contribution in [0.4, 0.5) is 13.2 Å². The van der Waals surface area contributed by atoms with Crippen molar-refractivity contribution in [1.29, 1.82) is 0 Å². The fourth-order valence-corrected chi connectivity index (χ4v) is 2.26. The lowest BCUT2D eigenvalue weighted by molar-refractivity contribution is -0.205. The summed E-state index contributed by atoms with van der Waals surface area (Å²) >= 11 is 0. The number of carbonyl (C=O) groups is 1. The van der Waals surface area contributed by atoms with Gasteiger partial charge in [0.05, 0.1) is 6.54 Å². The number of H-pyrrole nitrogens is 1. The summed E-state index contributed by atoms with van der Waals surface area (Å²) in [6.07, 6.45) is -7.30. The number of aliphatic hydroxyl groups excluding tert-OH is 1. The van der Waals surface area contributed by atoms with Crippen LogP contribution in [0, 0.1) is 13.8 Å². The molecule has 1 heterocycles. The second-order valence-corrected chi connectivity index (χ2v) is 5.38. The summed E-state index contributed by atoms with van der Waals surface area (Å²) in [5.41, 5.74) is 3.11. The third-order valence-corrected chi connectivity index (χ3v) is 3.73. The fourth-order valence-electron chi connectivity index (χ4n) is 2.26. The molecule has 0 saturated carbocycles. The van der Waals surface area contributed by atoms with Crippen LogP contribution in [0.3, 0.4) is 0 Å². The van der Waals surface area contributed by atoms with Gasteiger partial charge in [0.15, 0.2) is 6.10 Å². The van der Waals surface area contributed by atoms with E-state index in [1.54, 1.807) is 18.2 Å². The molecule has 0 aliphatic carbocycles. The number of nitrogens with zero attached hydrogens (tertiary/aromatic N) is 1. The average molecular weight is 314 g/mol. The zero-order valence-electron chi connectivity index (χ0n) is 12.5. The summed E-state index contributed by atoms with van der Waals surface area (Å²) in [7, 11) is 1.23. The third kappa shape index (κ3) is 3.09. The molecule has 0 saturated heterocycles. The number of alkyl halides is 3. The molecule has 1 unspecified atom stereocenters. The largest absolute Gasteiger partial charge is 0.416 e. The lowest BCUT2D eigenvalue weighted by atomic mass is 10.1. The molecule has 0 aliphatic heterocycles. The van der Waals surface area contributed by atoms with Gasteiger partial charge in [0.1, 0.15) is 0 Å². The smallest absolute Gasteiger partial charge is 0.382 e. The second-order valence-electron chi connectivity index (χ2n) is 5.38. The maximum Gasteiger partial charge on any atom is 0.416 e. The molecule has 120 valence electrons. The molecule has 2 N–H and O–H groups in total. The molecule has 0 fully saturated rings. The zero-order valence-corrected chi connectivity index (χ0v) is 12.5. The number of rotatable bonds is 3. The first kappa shape index (κ1) is 16.4. The number of aromatic nitrogens is 1. The van der Waals surface area contributed by atoms with E-state index in [9.17, 15) is 18.0 Å². The zero-order chi connectivity index (χ0) is 16.7. The highest BCUT2D eigenvalue weighted by Gasteiger charge is 2.39. The molecule has 0 radical (unpaired) electrons. The highest BCUT2D eigenvalue weighted by molar-refractivity contribution is 5.98. The minimum atomic E-state index is -4.74. The van der Waals surface area contributed by atoms with Gasteiger partial charge in [-0.2, -0.15) is 13.2 Å². The lowest BCUT2D eigenvalue weighted by Crippen LogP contribution is -2.41. The number of halogens is 3. The van der Waals surface area contributed by atoms with Gasteiger partial charge in [0.2, 0.25) is 0 Å². The Balaban J connectivity index is 2.24. The minimum Gasteiger partial charge on any atom is -0.382 e. The molecule has 0 spiro atoms. The number of hydrogen-bond acceptors (Lipinski definition) is 2. The Hall–Kier alpha value is -2.02. The van der Waals surface area contributed by atoms with Gasteiger partial charge >= 0.3 is 6.18 Å². The lowest BCUT2D eigenvalue weighted by Gasteiger charge is -2.22. The molecule has 1 atom stereocenters. The molecule has 22 heavy (non-hydrogen) atoms. The molecular formula is C15H17F3N2O2. The van der Waals surface area contributed by atoms with Gasteiger partial charge in [-0.25, -0.2) is 0 Å². The van der Waals surface area contributed by atoms with Gasteiger partial charge in [-0.05, 0) is 37.6 Å². The Labute approximate surface area is 125 Å². The number of aliphatic hydroxyl groups is 1. The van der Waals surface area contributed by atoms with E-state index in [4.69, 9.17) is 5.11 Å². The van der Waals surface area contributed by atoms with Crippen LogP contribution < -0.4 is 0 Å². The molecule has 7 heteroatoms. The summed E-state index contributed by atoms with van der Waals surface area (Å²) in [5.74, 6) is -0.566. The van der Waals surface area contributed by atoms with Crippen molar-refractivity contribution in [3.8, 4) is 0 Å². The van der Waals surface area contributed by atoms with Crippen molar-refractivity contribution in [2.45, 2.75) is 26.1 Å². The van der Waals surface area contributed by atoms with Crippen LogP contribution in [0.15, 0.2) is 18.2 Å². The molecule has 0 bridgehead atoms. The second kappa shape index (κ2) is 5.64. The predicted octanol–water partition coefficient (Wildman–Crippen LogP) is 2.78. The van der Waals surface area contributed by atoms with E-state index < -0.39 is 24.7 Å². The highest BCUT2D eigenvalue weighted by atomic mass is 19.4. The van der Waals surface area contributed by atoms with Crippen LogP contribution in [0.2, 0.25) is 0 Å². The Morgan fingerprint density at radius 2 is 2.00 bits per heavy atom. The van der Waals surface area contributed by atoms with Crippen molar-refractivity contribution in [3.05, 3.63) is 35.0 Å². The number of fused-ring (bicyclic) bond motifs is 1. The highest BCUT2D eigenvalue weighted by Crippen LogP contribution is 2.24. The number of amides is 1. The monoisotopic (exact) mass is 314 g/mol. The van der Waals surface area contributed by atoms with Crippen molar-refractivity contribution in [2.24, 2.45) is 0 Å². The number of benzene rings is 1. The van der Waals surface area contributed by atoms with E-state index in [0.717, 1.165) is 27.1 Å². The van der Waals surface area contributed by atoms with E-state index in [-0.39, 0.29) is 5.56 Å². The third-order valence-electron chi connectivity index (χ3n) is 3.73. The molecule has 1 aromatic carbocycles. The van der Waals surface area contributed by atoms with Crippen LogP contribution in [0.5, 0.6) is 0 Å². The van der Waals surface area contributed by atoms with Crippen LogP contribution >= 0.6 is 0 Å². The predicted molar refractivity (Wildman–Crippen MR) is 76.8 cm³/mol. The quantitative estimate of drug-likeness (QED) is 0.915. The Morgan fingerprint density at radius 1 is 1.36 bits per heavy atom. The van der Waals surface area contributed by atoms with Gasteiger partial charge in [-0.3, -0.25) is 4.79 Å². The van der Waals surface area contributed by atoms with Crippen molar-refractivity contribution in [1.82, 2.24) is 9.88 Å². The number of hydrogen-bond donors (Lipinski definition) is 2. The van der Waals surface area contributed by atoms with E-state index in [1.807, 2.05) is 13.8 Å². The first-order valence-electron chi connectivity index (χ1n) is 6.70. The van der Waals surface area contributed by atoms with Crippen LogP contribution in [0.25, 0.3) is 10.9 Å². The van der Waals surface area contributed by atoms with Crippen molar-refractivity contribution in [3.63, 3.8) is 0 Å². The summed E-state index contributed by atoms with van der Waals surface area (Å²) in [4.78, 5) is 16.2. The summed E-state index contributed by atoms with van der Waals surface area (Å²) in [6, 6.07) is 4.92. The molecular weight excluding hydrogens is 297 g/mol. The van der Waals surface area contributed by atoms with Crippen LogP contribution in [-0.4, -0.2) is 46.8 Å². The fraction of sp³-hybridized carbons (Fsp3) is 0.400. The SMILES string of the molecule is Cc1[nH]c2ccc(C(=O)N(C)CC(O)C(F)(F)F)cc2c1C. The first-order chi connectivity index (χ1) is 10.1. The normalized spacial score (nSPS) is 13.4. The Kier molecular flexibility index (Phi) is 4.19. The molecule has 1 aromatic heterocycles. The van der Waals surface area contributed by atoms with Crippen molar-refractivity contribution in [2.75, 3.05) is 13.6 Å². The van der Waals surface area contributed by atoms with Gasteiger partial charge < -0.3 is 15.0 Å². The molecule has 2 rings (SSSR count). The number of carbonyl (C=O) groups excluding carboxylic acids is 1. The summed E-state index contributed by atoms with van der Waals surface area (Å²) in [5, 5.41) is 9.90.